The van der Waals surface area contributed by atoms with E-state index in [2.05, 4.69) is 20.1 Å². The SMILES string of the molecule is CCCCC(=COC1CCCCC1)CC. The van der Waals surface area contributed by atoms with E-state index in [4.69, 9.17) is 4.74 Å². The Morgan fingerprint density at radius 3 is 2.53 bits per heavy atom. The van der Waals surface area contributed by atoms with Crippen molar-refractivity contribution < 1.29 is 4.74 Å². The lowest BCUT2D eigenvalue weighted by Gasteiger charge is -2.21. The molecule has 1 fully saturated rings. The third-order valence-electron chi connectivity index (χ3n) is 3.28. The molecule has 0 radical (unpaired) electrons. The van der Waals surface area contributed by atoms with Crippen LogP contribution in [0.5, 0.6) is 0 Å². The maximum Gasteiger partial charge on any atom is 0.0978 e. The summed E-state index contributed by atoms with van der Waals surface area (Å²) in [6, 6.07) is 0. The van der Waals surface area contributed by atoms with Gasteiger partial charge >= 0.3 is 0 Å². The molecule has 15 heavy (non-hydrogen) atoms. The number of unbranched alkanes of at least 4 members (excludes halogenated alkanes) is 1. The molecule has 0 saturated heterocycles. The van der Waals surface area contributed by atoms with Gasteiger partial charge in [0, 0.05) is 0 Å². The first kappa shape index (κ1) is 12.6. The first-order chi connectivity index (χ1) is 7.36. The summed E-state index contributed by atoms with van der Waals surface area (Å²) in [6.45, 7) is 4.47. The highest BCUT2D eigenvalue weighted by atomic mass is 16.5. The quantitative estimate of drug-likeness (QED) is 0.571. The van der Waals surface area contributed by atoms with Crippen LogP contribution in [0.15, 0.2) is 11.8 Å². The Bertz CT molecular complexity index is 178. The van der Waals surface area contributed by atoms with Gasteiger partial charge in [0.2, 0.25) is 0 Å². The molecule has 1 rings (SSSR count). The number of hydrogen-bond acceptors (Lipinski definition) is 1. The van der Waals surface area contributed by atoms with Gasteiger partial charge in [-0.25, -0.2) is 0 Å². The standard InChI is InChI=1S/C14H26O/c1-3-5-9-13(4-2)12-15-14-10-7-6-8-11-14/h12,14H,3-11H2,1-2H3. The molecule has 1 aliphatic carbocycles. The van der Waals surface area contributed by atoms with Crippen LogP contribution >= 0.6 is 0 Å². The zero-order chi connectivity index (χ0) is 10.9. The maximum absolute atomic E-state index is 5.87. The smallest absolute Gasteiger partial charge is 0.0978 e. The van der Waals surface area contributed by atoms with E-state index < -0.39 is 0 Å². The van der Waals surface area contributed by atoms with Gasteiger partial charge in [-0.2, -0.15) is 0 Å². The molecule has 1 nitrogen and oxygen atoms in total. The Balaban J connectivity index is 2.25. The first-order valence-corrected chi connectivity index (χ1v) is 6.70. The molecule has 0 unspecified atom stereocenters. The average molecular weight is 210 g/mol. The Kier molecular flexibility index (Phi) is 6.54. The van der Waals surface area contributed by atoms with Crippen molar-refractivity contribution >= 4 is 0 Å². The summed E-state index contributed by atoms with van der Waals surface area (Å²) in [7, 11) is 0. The predicted molar refractivity (Wildman–Crippen MR) is 65.9 cm³/mol. The Labute approximate surface area is 94.9 Å². The van der Waals surface area contributed by atoms with Gasteiger partial charge < -0.3 is 4.74 Å². The fourth-order valence-corrected chi connectivity index (χ4v) is 2.12. The molecule has 0 heterocycles. The molecule has 88 valence electrons. The van der Waals surface area contributed by atoms with Gasteiger partial charge in [0.15, 0.2) is 0 Å². The van der Waals surface area contributed by atoms with Gasteiger partial charge in [-0.3, -0.25) is 0 Å². The van der Waals surface area contributed by atoms with E-state index in [1.807, 2.05) is 0 Å². The van der Waals surface area contributed by atoms with Gasteiger partial charge in [0.25, 0.3) is 0 Å². The minimum absolute atomic E-state index is 0.516. The summed E-state index contributed by atoms with van der Waals surface area (Å²) in [5.41, 5.74) is 1.49. The molecule has 0 aliphatic heterocycles. The second-order valence-electron chi connectivity index (χ2n) is 4.63. The Morgan fingerprint density at radius 2 is 1.93 bits per heavy atom. The minimum atomic E-state index is 0.516. The fraction of sp³-hybridized carbons (Fsp3) is 0.857. The number of hydrogen-bond donors (Lipinski definition) is 0. The molecule has 0 bridgehead atoms. The van der Waals surface area contributed by atoms with Crippen molar-refractivity contribution in [3.8, 4) is 0 Å². The zero-order valence-corrected chi connectivity index (χ0v) is 10.4. The summed E-state index contributed by atoms with van der Waals surface area (Å²) in [6.07, 6.45) is 14.2. The van der Waals surface area contributed by atoms with Crippen LogP contribution in [0.4, 0.5) is 0 Å². The number of rotatable bonds is 6. The van der Waals surface area contributed by atoms with Crippen molar-refractivity contribution in [1.82, 2.24) is 0 Å². The normalized spacial score (nSPS) is 19.2. The zero-order valence-electron chi connectivity index (χ0n) is 10.4. The Morgan fingerprint density at radius 1 is 1.20 bits per heavy atom. The molecule has 0 spiro atoms. The lowest BCUT2D eigenvalue weighted by atomic mass is 9.98. The average Bonchev–Trinajstić information content (AvgIpc) is 2.31. The van der Waals surface area contributed by atoms with Crippen molar-refractivity contribution in [3.05, 3.63) is 11.8 Å². The van der Waals surface area contributed by atoms with E-state index in [9.17, 15) is 0 Å². The fourth-order valence-electron chi connectivity index (χ4n) is 2.12. The van der Waals surface area contributed by atoms with Gasteiger partial charge in [-0.05, 0) is 50.5 Å². The molecule has 0 N–H and O–H groups in total. The van der Waals surface area contributed by atoms with E-state index >= 15 is 0 Å². The lowest BCUT2D eigenvalue weighted by molar-refractivity contribution is 0.104. The van der Waals surface area contributed by atoms with Crippen LogP contribution < -0.4 is 0 Å². The third kappa shape index (κ3) is 5.25. The third-order valence-corrected chi connectivity index (χ3v) is 3.28. The van der Waals surface area contributed by atoms with Crippen molar-refractivity contribution in [1.29, 1.82) is 0 Å². The van der Waals surface area contributed by atoms with Crippen LogP contribution in [0.3, 0.4) is 0 Å². The molecule has 0 aromatic carbocycles. The first-order valence-electron chi connectivity index (χ1n) is 6.70. The van der Waals surface area contributed by atoms with Gasteiger partial charge in [0.05, 0.1) is 12.4 Å². The monoisotopic (exact) mass is 210 g/mol. The van der Waals surface area contributed by atoms with E-state index in [1.165, 1.54) is 56.9 Å². The van der Waals surface area contributed by atoms with E-state index in [-0.39, 0.29) is 0 Å². The van der Waals surface area contributed by atoms with Crippen LogP contribution in [0, 0.1) is 0 Å². The summed E-state index contributed by atoms with van der Waals surface area (Å²) in [5, 5.41) is 0. The molecule has 0 amide bonds. The second-order valence-corrected chi connectivity index (χ2v) is 4.63. The van der Waals surface area contributed by atoms with Gasteiger partial charge in [0.1, 0.15) is 0 Å². The van der Waals surface area contributed by atoms with Gasteiger partial charge in [-0.15, -0.1) is 0 Å². The van der Waals surface area contributed by atoms with E-state index in [1.54, 1.807) is 0 Å². The molecular weight excluding hydrogens is 184 g/mol. The van der Waals surface area contributed by atoms with Crippen molar-refractivity contribution in [3.63, 3.8) is 0 Å². The van der Waals surface area contributed by atoms with Crippen molar-refractivity contribution in [2.45, 2.75) is 77.7 Å². The summed E-state index contributed by atoms with van der Waals surface area (Å²) in [5.74, 6) is 0. The van der Waals surface area contributed by atoms with Crippen LogP contribution in [0.2, 0.25) is 0 Å². The minimum Gasteiger partial charge on any atom is -0.498 e. The largest absolute Gasteiger partial charge is 0.498 e. The molecule has 0 aromatic heterocycles. The van der Waals surface area contributed by atoms with Crippen LogP contribution in [0.1, 0.15) is 71.6 Å². The van der Waals surface area contributed by atoms with E-state index in [0.717, 1.165) is 6.42 Å². The van der Waals surface area contributed by atoms with E-state index in [0.29, 0.717) is 6.10 Å². The van der Waals surface area contributed by atoms with Crippen LogP contribution in [-0.4, -0.2) is 6.10 Å². The Hall–Kier alpha value is -0.460. The number of ether oxygens (including phenoxy) is 1. The van der Waals surface area contributed by atoms with Crippen LogP contribution in [-0.2, 0) is 4.74 Å². The molecule has 0 aromatic rings. The summed E-state index contributed by atoms with van der Waals surface area (Å²) >= 11 is 0. The van der Waals surface area contributed by atoms with Gasteiger partial charge in [-0.1, -0.05) is 26.7 Å². The highest BCUT2D eigenvalue weighted by Gasteiger charge is 2.12. The molecule has 0 atom stereocenters. The predicted octanol–water partition coefficient (Wildman–Crippen LogP) is 4.82. The van der Waals surface area contributed by atoms with Crippen molar-refractivity contribution in [2.24, 2.45) is 0 Å². The number of allylic oxidation sites excluding steroid dienone is 1. The molecule has 1 saturated carbocycles. The highest BCUT2D eigenvalue weighted by Crippen LogP contribution is 2.21. The molecule has 1 heteroatoms. The maximum atomic E-state index is 5.87. The topological polar surface area (TPSA) is 9.23 Å². The highest BCUT2D eigenvalue weighted by molar-refractivity contribution is 4.97. The lowest BCUT2D eigenvalue weighted by Crippen LogP contribution is -2.13. The second kappa shape index (κ2) is 7.78. The summed E-state index contributed by atoms with van der Waals surface area (Å²) < 4.78 is 5.87. The summed E-state index contributed by atoms with van der Waals surface area (Å²) in [4.78, 5) is 0. The van der Waals surface area contributed by atoms with Crippen molar-refractivity contribution in [2.75, 3.05) is 0 Å². The molecule has 1 aliphatic rings. The van der Waals surface area contributed by atoms with Crippen LogP contribution in [0.25, 0.3) is 0 Å². The molecular formula is C14H26O.